The van der Waals surface area contributed by atoms with Crippen LogP contribution in [0.4, 0.5) is 26.3 Å². The molecule has 2 saturated heterocycles. The van der Waals surface area contributed by atoms with Gasteiger partial charge in [-0.15, -0.1) is 0 Å². The highest BCUT2D eigenvalue weighted by molar-refractivity contribution is 5.95. The number of alkyl halides is 6. The summed E-state index contributed by atoms with van der Waals surface area (Å²) in [6.07, 6.45) is -8.81. The predicted octanol–water partition coefficient (Wildman–Crippen LogP) is 5.44. The topological polar surface area (TPSA) is 60.9 Å². The van der Waals surface area contributed by atoms with Gasteiger partial charge in [-0.05, 0) is 43.0 Å². The molecule has 0 N–H and O–H groups in total. The fourth-order valence-corrected chi connectivity index (χ4v) is 5.76. The van der Waals surface area contributed by atoms with Crippen molar-refractivity contribution in [1.82, 2.24) is 14.7 Å². The number of benzene rings is 2. The monoisotopic (exact) mass is 583 g/mol. The summed E-state index contributed by atoms with van der Waals surface area (Å²) in [5.41, 5.74) is -3.03. The maximum atomic E-state index is 13.4. The van der Waals surface area contributed by atoms with Gasteiger partial charge in [-0.25, -0.2) is 0 Å². The highest BCUT2D eigenvalue weighted by Gasteiger charge is 2.41. The largest absolute Gasteiger partial charge is 0.416 e. The number of amides is 3. The minimum atomic E-state index is -5.08. The van der Waals surface area contributed by atoms with Crippen LogP contribution in [0.3, 0.4) is 0 Å². The second-order valence-electron chi connectivity index (χ2n) is 10.6. The molecule has 2 heterocycles. The van der Waals surface area contributed by atoms with Crippen molar-refractivity contribution in [1.29, 1.82) is 0 Å². The van der Waals surface area contributed by atoms with E-state index in [1.54, 1.807) is 28.0 Å². The molecule has 12 heteroatoms. The number of nitrogens with zero attached hydrogens (tertiary/aromatic N) is 3. The zero-order chi connectivity index (χ0) is 30.1. The molecule has 41 heavy (non-hydrogen) atoms. The standard InChI is InChI=1S/C29H31F6N3O3/c1-18(39)37-11-8-20(9-12-37)27(41)38-13-10-25(24(17-38)19-6-4-3-5-7-19)36(2)26(40)21-14-22(28(30,31)32)16-23(15-21)29(33,34)35/h3-7,14-16,20,24-25H,8-13,17H2,1-2H3. The minimum absolute atomic E-state index is 0.00541. The van der Waals surface area contributed by atoms with E-state index in [0.29, 0.717) is 38.1 Å². The third-order valence-corrected chi connectivity index (χ3v) is 8.06. The normalized spacial score (nSPS) is 20.6. The van der Waals surface area contributed by atoms with Gasteiger partial charge in [0.15, 0.2) is 0 Å². The molecule has 0 saturated carbocycles. The fourth-order valence-electron chi connectivity index (χ4n) is 5.76. The van der Waals surface area contributed by atoms with Gasteiger partial charge in [0.25, 0.3) is 5.91 Å². The Morgan fingerprint density at radius 2 is 1.34 bits per heavy atom. The van der Waals surface area contributed by atoms with E-state index >= 15 is 0 Å². The third kappa shape index (κ3) is 6.84. The van der Waals surface area contributed by atoms with Crippen molar-refractivity contribution in [3.05, 3.63) is 70.8 Å². The molecule has 0 spiro atoms. The van der Waals surface area contributed by atoms with Crippen molar-refractivity contribution in [3.8, 4) is 0 Å². The number of likely N-dealkylation sites (tertiary alicyclic amines) is 2. The van der Waals surface area contributed by atoms with Crippen LogP contribution in [0.5, 0.6) is 0 Å². The molecule has 222 valence electrons. The Morgan fingerprint density at radius 3 is 1.85 bits per heavy atom. The van der Waals surface area contributed by atoms with Crippen LogP contribution in [-0.4, -0.2) is 71.7 Å². The first kappa shape index (κ1) is 30.4. The van der Waals surface area contributed by atoms with Crippen LogP contribution >= 0.6 is 0 Å². The Hall–Kier alpha value is -3.57. The molecule has 6 nitrogen and oxygen atoms in total. The molecule has 0 radical (unpaired) electrons. The fraction of sp³-hybridized carbons (Fsp3) is 0.483. The molecule has 2 aromatic rings. The second-order valence-corrected chi connectivity index (χ2v) is 10.6. The van der Waals surface area contributed by atoms with E-state index in [2.05, 4.69) is 0 Å². The first-order valence-electron chi connectivity index (χ1n) is 13.3. The maximum absolute atomic E-state index is 13.4. The van der Waals surface area contributed by atoms with Crippen molar-refractivity contribution >= 4 is 17.7 Å². The summed E-state index contributed by atoms with van der Waals surface area (Å²) in [7, 11) is 1.37. The van der Waals surface area contributed by atoms with Gasteiger partial charge >= 0.3 is 12.4 Å². The Balaban J connectivity index is 1.59. The van der Waals surface area contributed by atoms with Crippen LogP contribution in [-0.2, 0) is 21.9 Å². The maximum Gasteiger partial charge on any atom is 0.416 e. The van der Waals surface area contributed by atoms with E-state index in [1.165, 1.54) is 18.9 Å². The van der Waals surface area contributed by atoms with Gasteiger partial charge in [-0.1, -0.05) is 30.3 Å². The first-order chi connectivity index (χ1) is 19.2. The summed E-state index contributed by atoms with van der Waals surface area (Å²) in [6, 6.07) is 9.30. The van der Waals surface area contributed by atoms with Crippen molar-refractivity contribution in [2.75, 3.05) is 33.2 Å². The van der Waals surface area contributed by atoms with Crippen LogP contribution in [0.1, 0.15) is 59.2 Å². The predicted molar refractivity (Wildman–Crippen MR) is 138 cm³/mol. The van der Waals surface area contributed by atoms with Crippen molar-refractivity contribution in [2.24, 2.45) is 5.92 Å². The Kier molecular flexibility index (Phi) is 8.70. The lowest BCUT2D eigenvalue weighted by Crippen LogP contribution is -2.53. The number of piperidine rings is 2. The number of hydrogen-bond acceptors (Lipinski definition) is 3. The van der Waals surface area contributed by atoms with E-state index in [4.69, 9.17) is 0 Å². The number of halogens is 6. The lowest BCUT2D eigenvalue weighted by Gasteiger charge is -2.44. The van der Waals surface area contributed by atoms with E-state index in [-0.39, 0.29) is 43.3 Å². The molecular weight excluding hydrogens is 552 g/mol. The first-order valence-corrected chi connectivity index (χ1v) is 13.3. The summed E-state index contributed by atoms with van der Waals surface area (Å²) < 4.78 is 80.5. The van der Waals surface area contributed by atoms with Gasteiger partial charge in [0.1, 0.15) is 0 Å². The number of hydrogen-bond donors (Lipinski definition) is 0. The van der Waals surface area contributed by atoms with Crippen LogP contribution in [0.25, 0.3) is 0 Å². The number of carbonyl (C=O) groups excluding carboxylic acids is 3. The Morgan fingerprint density at radius 1 is 0.805 bits per heavy atom. The molecule has 4 rings (SSSR count). The summed E-state index contributed by atoms with van der Waals surface area (Å²) in [5, 5.41) is 0. The summed E-state index contributed by atoms with van der Waals surface area (Å²) in [5.74, 6) is -1.76. The molecule has 2 aliphatic rings. The zero-order valence-corrected chi connectivity index (χ0v) is 22.6. The van der Waals surface area contributed by atoms with Crippen molar-refractivity contribution in [2.45, 2.75) is 50.5 Å². The van der Waals surface area contributed by atoms with Crippen molar-refractivity contribution < 1.29 is 40.7 Å². The molecule has 2 aromatic carbocycles. The molecule has 2 atom stereocenters. The zero-order valence-electron chi connectivity index (χ0n) is 22.6. The van der Waals surface area contributed by atoms with Crippen LogP contribution in [0.2, 0.25) is 0 Å². The average molecular weight is 584 g/mol. The van der Waals surface area contributed by atoms with Gasteiger partial charge in [-0.2, -0.15) is 26.3 Å². The molecule has 2 aliphatic heterocycles. The molecule has 2 unspecified atom stereocenters. The Bertz CT molecular complexity index is 1240. The van der Waals surface area contributed by atoms with Crippen LogP contribution in [0, 0.1) is 5.92 Å². The van der Waals surface area contributed by atoms with Gasteiger partial charge in [0.05, 0.1) is 11.1 Å². The molecule has 0 bridgehead atoms. The highest BCUT2D eigenvalue weighted by Crippen LogP contribution is 2.38. The summed E-state index contributed by atoms with van der Waals surface area (Å²) in [4.78, 5) is 43.1. The number of rotatable bonds is 4. The van der Waals surface area contributed by atoms with E-state index in [9.17, 15) is 40.7 Å². The molecule has 2 fully saturated rings. The summed E-state index contributed by atoms with van der Waals surface area (Å²) in [6.45, 7) is 2.96. The minimum Gasteiger partial charge on any atom is -0.343 e. The van der Waals surface area contributed by atoms with Gasteiger partial charge < -0.3 is 14.7 Å². The quantitative estimate of drug-likeness (QED) is 0.451. The van der Waals surface area contributed by atoms with E-state index in [1.807, 2.05) is 12.1 Å². The Labute approximate surface area is 233 Å². The lowest BCUT2D eigenvalue weighted by molar-refractivity contribution is -0.143. The van der Waals surface area contributed by atoms with Crippen molar-refractivity contribution in [3.63, 3.8) is 0 Å². The SMILES string of the molecule is CC(=O)N1CCC(C(=O)N2CCC(N(C)C(=O)c3cc(C(F)(F)F)cc(C(F)(F)F)c3)C(c3ccccc3)C2)CC1. The highest BCUT2D eigenvalue weighted by atomic mass is 19.4. The molecular formula is C29H31F6N3O3. The van der Waals surface area contributed by atoms with Gasteiger partial charge in [0.2, 0.25) is 11.8 Å². The lowest BCUT2D eigenvalue weighted by atomic mass is 9.83. The smallest absolute Gasteiger partial charge is 0.343 e. The van der Waals surface area contributed by atoms with Gasteiger partial charge in [0, 0.05) is 63.6 Å². The molecule has 0 aliphatic carbocycles. The van der Waals surface area contributed by atoms with Gasteiger partial charge in [-0.3, -0.25) is 14.4 Å². The second kappa shape index (κ2) is 11.7. The number of likely N-dealkylation sites (N-methyl/N-ethyl adjacent to an activating group) is 1. The third-order valence-electron chi connectivity index (χ3n) is 8.06. The molecule has 0 aromatic heterocycles. The van der Waals surface area contributed by atoms with E-state index < -0.39 is 46.9 Å². The van der Waals surface area contributed by atoms with Crippen LogP contribution in [0.15, 0.2) is 48.5 Å². The van der Waals surface area contributed by atoms with E-state index in [0.717, 1.165) is 5.56 Å². The molecule has 3 amide bonds. The average Bonchev–Trinajstić information content (AvgIpc) is 2.95. The number of carbonyl (C=O) groups is 3. The summed E-state index contributed by atoms with van der Waals surface area (Å²) >= 11 is 0. The van der Waals surface area contributed by atoms with Crippen LogP contribution < -0.4 is 0 Å².